The Labute approximate surface area is 183 Å². The Bertz CT molecular complexity index is 779. The van der Waals surface area contributed by atoms with Gasteiger partial charge in [-0.15, -0.1) is 35.3 Å². The van der Waals surface area contributed by atoms with E-state index in [1.165, 1.54) is 4.88 Å². The summed E-state index contributed by atoms with van der Waals surface area (Å²) in [5.41, 5.74) is 0. The molecule has 8 heteroatoms. The van der Waals surface area contributed by atoms with Crippen molar-refractivity contribution in [2.24, 2.45) is 4.99 Å². The van der Waals surface area contributed by atoms with Crippen molar-refractivity contribution in [2.75, 3.05) is 32.4 Å². The van der Waals surface area contributed by atoms with Crippen LogP contribution in [0.4, 0.5) is 0 Å². The molecule has 0 aliphatic heterocycles. The lowest BCUT2D eigenvalue weighted by molar-refractivity contribution is 0.486. The molecule has 1 N–H and O–H groups in total. The van der Waals surface area contributed by atoms with E-state index < -0.39 is 9.84 Å². The van der Waals surface area contributed by atoms with Crippen LogP contribution in [0, 0.1) is 0 Å². The molecule has 0 fully saturated rings. The summed E-state index contributed by atoms with van der Waals surface area (Å²) < 4.78 is 24.6. The molecule has 2 rings (SSSR count). The summed E-state index contributed by atoms with van der Waals surface area (Å²) >= 11 is 1.76. The average Bonchev–Trinajstić information content (AvgIpc) is 3.16. The van der Waals surface area contributed by atoms with Gasteiger partial charge in [0.15, 0.2) is 15.8 Å². The van der Waals surface area contributed by atoms with Crippen molar-refractivity contribution >= 4 is 51.1 Å². The van der Waals surface area contributed by atoms with Crippen LogP contribution in [0.25, 0.3) is 0 Å². The predicted molar refractivity (Wildman–Crippen MR) is 125 cm³/mol. The van der Waals surface area contributed by atoms with Gasteiger partial charge in [0.05, 0.1) is 10.6 Å². The van der Waals surface area contributed by atoms with E-state index in [-0.39, 0.29) is 29.7 Å². The third-order valence-corrected chi connectivity index (χ3v) is 6.66. The number of benzene rings is 1. The number of hydrogen-bond donors (Lipinski definition) is 1. The summed E-state index contributed by atoms with van der Waals surface area (Å²) in [5.74, 6) is 0.930. The van der Waals surface area contributed by atoms with Gasteiger partial charge in [-0.3, -0.25) is 4.99 Å². The van der Waals surface area contributed by atoms with Gasteiger partial charge in [-0.2, -0.15) is 0 Å². The van der Waals surface area contributed by atoms with E-state index in [2.05, 4.69) is 32.7 Å². The van der Waals surface area contributed by atoms with Gasteiger partial charge in [0.25, 0.3) is 0 Å². The van der Waals surface area contributed by atoms with Crippen LogP contribution in [-0.4, -0.2) is 51.7 Å². The van der Waals surface area contributed by atoms with Crippen molar-refractivity contribution in [3.63, 3.8) is 0 Å². The Hall–Kier alpha value is -1.13. The summed E-state index contributed by atoms with van der Waals surface area (Å²) in [6.07, 6.45) is 1.48. The van der Waals surface area contributed by atoms with Crippen LogP contribution in [0.2, 0.25) is 0 Å². The smallest absolute Gasteiger partial charge is 0.193 e. The maximum absolute atomic E-state index is 12.3. The minimum absolute atomic E-state index is 0. The van der Waals surface area contributed by atoms with E-state index in [0.29, 0.717) is 17.9 Å². The maximum atomic E-state index is 12.3. The van der Waals surface area contributed by atoms with Crippen molar-refractivity contribution in [1.29, 1.82) is 0 Å². The second kappa shape index (κ2) is 12.4. The average molecular weight is 521 g/mol. The number of nitrogens with zero attached hydrogens (tertiary/aromatic N) is 2. The molecule has 1 heterocycles. The molecule has 0 spiro atoms. The van der Waals surface area contributed by atoms with Crippen molar-refractivity contribution < 1.29 is 8.42 Å². The van der Waals surface area contributed by atoms with Crippen LogP contribution in [0.15, 0.2) is 57.7 Å². The van der Waals surface area contributed by atoms with Gasteiger partial charge >= 0.3 is 0 Å². The van der Waals surface area contributed by atoms with Crippen LogP contribution in [0.3, 0.4) is 0 Å². The highest BCUT2D eigenvalue weighted by molar-refractivity contribution is 14.0. The molecular formula is C19H28IN3O2S2. The highest BCUT2D eigenvalue weighted by Gasteiger charge is 2.13. The van der Waals surface area contributed by atoms with Crippen LogP contribution < -0.4 is 5.32 Å². The lowest BCUT2D eigenvalue weighted by Gasteiger charge is -2.21. The van der Waals surface area contributed by atoms with Gasteiger partial charge in [-0.25, -0.2) is 8.42 Å². The van der Waals surface area contributed by atoms with Gasteiger partial charge in [0.2, 0.25) is 0 Å². The molecule has 150 valence electrons. The first-order valence-corrected chi connectivity index (χ1v) is 11.4. The number of aliphatic imine (C=N–C) groups is 1. The Morgan fingerprint density at radius 2 is 1.93 bits per heavy atom. The molecule has 27 heavy (non-hydrogen) atoms. The van der Waals surface area contributed by atoms with Crippen molar-refractivity contribution in [1.82, 2.24) is 10.2 Å². The van der Waals surface area contributed by atoms with Crippen molar-refractivity contribution in [3.8, 4) is 0 Å². The van der Waals surface area contributed by atoms with E-state index in [1.54, 1.807) is 35.6 Å². The minimum atomic E-state index is -3.23. The predicted octanol–water partition coefficient (Wildman–Crippen LogP) is 3.67. The minimum Gasteiger partial charge on any atom is -0.357 e. The number of sulfone groups is 1. The molecule has 0 aliphatic carbocycles. The molecule has 0 amide bonds. The second-order valence-corrected chi connectivity index (χ2v) is 9.11. The first kappa shape index (κ1) is 23.9. The second-order valence-electron chi connectivity index (χ2n) is 5.97. The van der Waals surface area contributed by atoms with Gasteiger partial charge in [0, 0.05) is 31.6 Å². The maximum Gasteiger partial charge on any atom is 0.193 e. The molecule has 0 saturated heterocycles. The van der Waals surface area contributed by atoms with Gasteiger partial charge in [-0.1, -0.05) is 24.3 Å². The molecule has 0 bridgehead atoms. The molecule has 5 nitrogen and oxygen atoms in total. The van der Waals surface area contributed by atoms with Gasteiger partial charge < -0.3 is 10.2 Å². The van der Waals surface area contributed by atoms with E-state index in [0.717, 1.165) is 25.5 Å². The number of guanidine groups is 1. The highest BCUT2D eigenvalue weighted by Crippen LogP contribution is 2.11. The Morgan fingerprint density at radius 3 is 2.56 bits per heavy atom. The number of halogens is 1. The molecule has 0 atom stereocenters. The fraction of sp³-hybridized carbons (Fsp3) is 0.421. The highest BCUT2D eigenvalue weighted by atomic mass is 127. The third-order valence-electron chi connectivity index (χ3n) is 3.91. The van der Waals surface area contributed by atoms with Crippen LogP contribution in [-0.2, 0) is 16.3 Å². The van der Waals surface area contributed by atoms with Crippen LogP contribution in [0.5, 0.6) is 0 Å². The SMILES string of the molecule is CCNC(=NCCCS(=O)(=O)c1ccccc1)N(C)CCc1cccs1.I. The molecule has 2 aromatic rings. The summed E-state index contributed by atoms with van der Waals surface area (Å²) in [4.78, 5) is 8.40. The van der Waals surface area contributed by atoms with Crippen molar-refractivity contribution in [2.45, 2.75) is 24.7 Å². The molecule has 0 saturated carbocycles. The Balaban J connectivity index is 0.00000364. The Kier molecular flexibility index (Phi) is 10.9. The summed E-state index contributed by atoms with van der Waals surface area (Å²) in [5, 5.41) is 5.36. The summed E-state index contributed by atoms with van der Waals surface area (Å²) in [7, 11) is -1.22. The zero-order valence-electron chi connectivity index (χ0n) is 15.8. The number of nitrogens with one attached hydrogen (secondary N) is 1. The molecular weight excluding hydrogens is 493 g/mol. The topological polar surface area (TPSA) is 61.8 Å². The normalized spacial score (nSPS) is 11.7. The van der Waals surface area contributed by atoms with E-state index in [9.17, 15) is 8.42 Å². The molecule has 0 aliphatic rings. The summed E-state index contributed by atoms with van der Waals surface area (Å²) in [6, 6.07) is 12.8. The zero-order chi connectivity index (χ0) is 18.8. The lowest BCUT2D eigenvalue weighted by atomic mass is 10.3. The molecule has 0 radical (unpaired) electrons. The fourth-order valence-electron chi connectivity index (χ4n) is 2.49. The first-order valence-electron chi connectivity index (χ1n) is 8.82. The largest absolute Gasteiger partial charge is 0.357 e. The quantitative estimate of drug-likeness (QED) is 0.237. The van der Waals surface area contributed by atoms with E-state index >= 15 is 0 Å². The molecule has 1 aromatic heterocycles. The van der Waals surface area contributed by atoms with E-state index in [1.807, 2.05) is 20.0 Å². The number of likely N-dealkylation sites (N-methyl/N-ethyl adjacent to an activating group) is 1. The number of hydrogen-bond acceptors (Lipinski definition) is 4. The van der Waals surface area contributed by atoms with Gasteiger partial charge in [0.1, 0.15) is 0 Å². The van der Waals surface area contributed by atoms with Gasteiger partial charge in [-0.05, 0) is 43.3 Å². The standard InChI is InChI=1S/C19H27N3O2S2.HI/c1-3-20-19(22(2)14-12-17-9-7-15-25-17)21-13-8-16-26(23,24)18-10-5-4-6-11-18;/h4-7,9-11,15H,3,8,12-14,16H2,1-2H3,(H,20,21);1H. The fourth-order valence-corrected chi connectivity index (χ4v) is 4.51. The number of rotatable bonds is 9. The lowest BCUT2D eigenvalue weighted by Crippen LogP contribution is -2.40. The molecule has 0 unspecified atom stereocenters. The zero-order valence-corrected chi connectivity index (χ0v) is 19.8. The van der Waals surface area contributed by atoms with Crippen molar-refractivity contribution in [3.05, 3.63) is 52.7 Å². The van der Waals surface area contributed by atoms with E-state index in [4.69, 9.17) is 0 Å². The van der Waals surface area contributed by atoms with Crippen LogP contribution >= 0.6 is 35.3 Å². The third kappa shape index (κ3) is 8.18. The van der Waals surface area contributed by atoms with Crippen LogP contribution in [0.1, 0.15) is 18.2 Å². The number of thiophene rings is 1. The molecule has 1 aromatic carbocycles. The summed E-state index contributed by atoms with van der Waals surface area (Å²) in [6.45, 7) is 4.17. The Morgan fingerprint density at radius 1 is 1.19 bits per heavy atom. The first-order chi connectivity index (χ1) is 12.5. The monoisotopic (exact) mass is 521 g/mol.